The minimum absolute atomic E-state index is 0.0232. The van der Waals surface area contributed by atoms with Gasteiger partial charge >= 0.3 is 5.97 Å². The van der Waals surface area contributed by atoms with Crippen LogP contribution < -0.4 is 0 Å². The highest BCUT2D eigenvalue weighted by molar-refractivity contribution is 6.03. The quantitative estimate of drug-likeness (QED) is 0.547. The predicted molar refractivity (Wildman–Crippen MR) is 63.6 cm³/mol. The van der Waals surface area contributed by atoms with Gasteiger partial charge in [-0.15, -0.1) is 0 Å². The number of carbonyl (C=O) groups excluding carboxylic acids is 2. The predicted octanol–water partition coefficient (Wildman–Crippen LogP) is 2.10. The average Bonchev–Trinajstić information content (AvgIpc) is 2.30. The molecule has 0 aromatic carbocycles. The number of ether oxygens (including phenoxy) is 2. The van der Waals surface area contributed by atoms with E-state index in [1.54, 1.807) is 20.8 Å². The zero-order valence-corrected chi connectivity index (χ0v) is 11.0. The van der Waals surface area contributed by atoms with E-state index in [4.69, 9.17) is 9.47 Å². The highest BCUT2D eigenvalue weighted by Gasteiger charge is 2.38. The molecule has 17 heavy (non-hydrogen) atoms. The third kappa shape index (κ3) is 3.80. The first kappa shape index (κ1) is 14.2. The van der Waals surface area contributed by atoms with Crippen LogP contribution in [0.3, 0.4) is 0 Å². The van der Waals surface area contributed by atoms with Gasteiger partial charge in [-0.25, -0.2) is 0 Å². The second-order valence-corrected chi connectivity index (χ2v) is 4.96. The van der Waals surface area contributed by atoms with Gasteiger partial charge in [0.25, 0.3) is 0 Å². The Bertz CT molecular complexity index is 277. The summed E-state index contributed by atoms with van der Waals surface area (Å²) in [5.74, 6) is -0.538. The van der Waals surface area contributed by atoms with Gasteiger partial charge in [0, 0.05) is 13.0 Å². The van der Waals surface area contributed by atoms with Crippen molar-refractivity contribution in [3.05, 3.63) is 0 Å². The van der Waals surface area contributed by atoms with E-state index in [2.05, 4.69) is 0 Å². The summed E-state index contributed by atoms with van der Waals surface area (Å²) in [6.45, 7) is 6.00. The van der Waals surface area contributed by atoms with E-state index in [1.807, 2.05) is 0 Å². The topological polar surface area (TPSA) is 52.6 Å². The van der Waals surface area contributed by atoms with Gasteiger partial charge in [0.2, 0.25) is 0 Å². The standard InChI is InChI=1S/C13H22O4/c1-4-16-12(15)13(2,3)11(14)9-10-7-5-6-8-17-10/h10H,4-9H2,1-3H3. The fraction of sp³-hybridized carbons (Fsp3) is 0.846. The van der Waals surface area contributed by atoms with E-state index < -0.39 is 11.4 Å². The first-order valence-corrected chi connectivity index (χ1v) is 6.30. The Hall–Kier alpha value is -0.900. The SMILES string of the molecule is CCOC(=O)C(C)(C)C(=O)CC1CCCCO1. The minimum atomic E-state index is -1.06. The van der Waals surface area contributed by atoms with Crippen LogP contribution in [0.1, 0.15) is 46.5 Å². The van der Waals surface area contributed by atoms with Crippen molar-refractivity contribution in [2.24, 2.45) is 5.41 Å². The fourth-order valence-corrected chi connectivity index (χ4v) is 1.86. The summed E-state index contributed by atoms with van der Waals surface area (Å²) in [4.78, 5) is 23.7. The van der Waals surface area contributed by atoms with Crippen molar-refractivity contribution in [2.45, 2.75) is 52.6 Å². The Balaban J connectivity index is 2.52. The first-order chi connectivity index (χ1) is 7.98. The molecule has 1 fully saturated rings. The number of esters is 1. The number of rotatable bonds is 5. The maximum Gasteiger partial charge on any atom is 0.319 e. The molecular formula is C13H22O4. The zero-order chi connectivity index (χ0) is 12.9. The number of Topliss-reactive ketones (excluding diaryl/α,β-unsaturated/α-hetero) is 1. The molecule has 0 aromatic rings. The molecular weight excluding hydrogens is 220 g/mol. The molecule has 0 spiro atoms. The molecule has 0 amide bonds. The van der Waals surface area contributed by atoms with E-state index in [-0.39, 0.29) is 11.9 Å². The molecule has 4 heteroatoms. The first-order valence-electron chi connectivity index (χ1n) is 6.30. The van der Waals surface area contributed by atoms with E-state index in [9.17, 15) is 9.59 Å². The lowest BCUT2D eigenvalue weighted by Crippen LogP contribution is -2.38. The van der Waals surface area contributed by atoms with Gasteiger partial charge in [0.1, 0.15) is 5.41 Å². The molecule has 0 radical (unpaired) electrons. The van der Waals surface area contributed by atoms with Crippen LogP contribution in [0.15, 0.2) is 0 Å². The number of carbonyl (C=O) groups is 2. The number of hydrogen-bond donors (Lipinski definition) is 0. The van der Waals surface area contributed by atoms with E-state index in [1.165, 1.54) is 0 Å². The van der Waals surface area contributed by atoms with Crippen LogP contribution in [0.2, 0.25) is 0 Å². The number of hydrogen-bond acceptors (Lipinski definition) is 4. The van der Waals surface area contributed by atoms with Crippen molar-refractivity contribution in [1.82, 2.24) is 0 Å². The molecule has 1 saturated heterocycles. The smallest absolute Gasteiger partial charge is 0.319 e. The molecule has 1 rings (SSSR count). The Kier molecular flexibility index (Phi) is 5.12. The molecule has 1 atom stereocenters. The molecule has 1 aliphatic rings. The molecule has 0 aliphatic carbocycles. The summed E-state index contributed by atoms with van der Waals surface area (Å²) in [7, 11) is 0. The molecule has 4 nitrogen and oxygen atoms in total. The fourth-order valence-electron chi connectivity index (χ4n) is 1.86. The highest BCUT2D eigenvalue weighted by atomic mass is 16.5. The van der Waals surface area contributed by atoms with Gasteiger partial charge in [-0.3, -0.25) is 9.59 Å². The van der Waals surface area contributed by atoms with Crippen molar-refractivity contribution in [3.63, 3.8) is 0 Å². The van der Waals surface area contributed by atoms with Crippen LogP contribution in [0.5, 0.6) is 0 Å². The maximum atomic E-state index is 12.1. The van der Waals surface area contributed by atoms with E-state index in [0.717, 1.165) is 25.9 Å². The third-order valence-electron chi connectivity index (χ3n) is 3.17. The van der Waals surface area contributed by atoms with Gasteiger partial charge in [-0.05, 0) is 40.0 Å². The summed E-state index contributed by atoms with van der Waals surface area (Å²) in [5.41, 5.74) is -1.06. The van der Waals surface area contributed by atoms with Crippen LogP contribution in [0, 0.1) is 5.41 Å². The van der Waals surface area contributed by atoms with Crippen molar-refractivity contribution in [3.8, 4) is 0 Å². The molecule has 1 unspecified atom stereocenters. The summed E-state index contributed by atoms with van der Waals surface area (Å²) < 4.78 is 10.4. The summed E-state index contributed by atoms with van der Waals surface area (Å²) >= 11 is 0. The van der Waals surface area contributed by atoms with E-state index >= 15 is 0 Å². The highest BCUT2D eigenvalue weighted by Crippen LogP contribution is 2.25. The Labute approximate surface area is 103 Å². The molecule has 1 aliphatic heterocycles. The van der Waals surface area contributed by atoms with Gasteiger partial charge < -0.3 is 9.47 Å². The van der Waals surface area contributed by atoms with Crippen LogP contribution in [0.4, 0.5) is 0 Å². The monoisotopic (exact) mass is 242 g/mol. The Morgan fingerprint density at radius 3 is 2.59 bits per heavy atom. The van der Waals surface area contributed by atoms with Gasteiger partial charge in [0.15, 0.2) is 5.78 Å². The number of ketones is 1. The molecule has 1 heterocycles. The summed E-state index contributed by atoms with van der Waals surface area (Å²) in [6, 6.07) is 0. The summed E-state index contributed by atoms with van der Waals surface area (Å²) in [6.07, 6.45) is 3.35. The van der Waals surface area contributed by atoms with Crippen molar-refractivity contribution in [2.75, 3.05) is 13.2 Å². The lowest BCUT2D eigenvalue weighted by Gasteiger charge is -2.26. The molecule has 0 saturated carbocycles. The minimum Gasteiger partial charge on any atom is -0.465 e. The Morgan fingerprint density at radius 1 is 1.35 bits per heavy atom. The maximum absolute atomic E-state index is 12.1. The van der Waals surface area contributed by atoms with Gasteiger partial charge in [-0.1, -0.05) is 0 Å². The lowest BCUT2D eigenvalue weighted by molar-refractivity contribution is -0.158. The van der Waals surface area contributed by atoms with Crippen LogP contribution >= 0.6 is 0 Å². The molecule has 0 bridgehead atoms. The van der Waals surface area contributed by atoms with Gasteiger partial charge in [-0.2, -0.15) is 0 Å². The molecule has 98 valence electrons. The van der Waals surface area contributed by atoms with Crippen LogP contribution in [-0.2, 0) is 19.1 Å². The second-order valence-electron chi connectivity index (χ2n) is 4.96. The van der Waals surface area contributed by atoms with Crippen LogP contribution in [0.25, 0.3) is 0 Å². The van der Waals surface area contributed by atoms with Crippen LogP contribution in [-0.4, -0.2) is 31.1 Å². The van der Waals surface area contributed by atoms with Crippen molar-refractivity contribution in [1.29, 1.82) is 0 Å². The summed E-state index contributed by atoms with van der Waals surface area (Å²) in [5, 5.41) is 0. The zero-order valence-electron chi connectivity index (χ0n) is 11.0. The lowest BCUT2D eigenvalue weighted by atomic mass is 9.84. The van der Waals surface area contributed by atoms with Crippen molar-refractivity contribution >= 4 is 11.8 Å². The second kappa shape index (κ2) is 6.15. The molecule has 0 N–H and O–H groups in total. The van der Waals surface area contributed by atoms with E-state index in [0.29, 0.717) is 13.0 Å². The Morgan fingerprint density at radius 2 is 2.06 bits per heavy atom. The average molecular weight is 242 g/mol. The largest absolute Gasteiger partial charge is 0.465 e. The van der Waals surface area contributed by atoms with Gasteiger partial charge in [0.05, 0.1) is 12.7 Å². The third-order valence-corrected chi connectivity index (χ3v) is 3.17. The van der Waals surface area contributed by atoms with Crippen molar-refractivity contribution < 1.29 is 19.1 Å². The normalized spacial score (nSPS) is 21.0. The molecule has 0 aromatic heterocycles.